The highest BCUT2D eigenvalue weighted by atomic mass is 32.2. The molecule has 0 unspecified atom stereocenters. The van der Waals surface area contributed by atoms with Crippen LogP contribution in [-0.4, -0.2) is 43.2 Å². The van der Waals surface area contributed by atoms with Gasteiger partial charge in [-0.25, -0.2) is 4.68 Å². The van der Waals surface area contributed by atoms with Crippen molar-refractivity contribution in [2.24, 2.45) is 0 Å². The first kappa shape index (κ1) is 20.6. The number of thiocarbonyl (C=S) groups is 1. The average molecular weight is 410 g/mol. The third-order valence-corrected chi connectivity index (χ3v) is 4.23. The first-order valence-electron chi connectivity index (χ1n) is 7.95. The number of hydrogen-bond donors (Lipinski definition) is 2. The van der Waals surface area contributed by atoms with Crippen molar-refractivity contribution in [3.63, 3.8) is 0 Å². The molecule has 0 bridgehead atoms. The number of thioether (sulfide) groups is 1. The monoisotopic (exact) mass is 410 g/mol. The maximum atomic E-state index is 12.4. The van der Waals surface area contributed by atoms with Crippen LogP contribution in [0.2, 0.25) is 0 Å². The number of ether oxygens (including phenoxy) is 1. The highest BCUT2D eigenvalue weighted by Crippen LogP contribution is 2.27. The molecule has 0 radical (unpaired) electrons. The Morgan fingerprint density at radius 3 is 2.78 bits per heavy atom. The summed E-state index contributed by atoms with van der Waals surface area (Å²) < 4.78 is 6.76. The van der Waals surface area contributed by atoms with E-state index < -0.39 is 10.8 Å². The van der Waals surface area contributed by atoms with Crippen molar-refractivity contribution >= 4 is 40.7 Å². The second kappa shape index (κ2) is 9.28. The number of rotatable bonds is 7. The molecule has 2 N–H and O–H groups in total. The number of carbonyl (C=O) groups is 1. The second-order valence-electron chi connectivity index (χ2n) is 5.07. The third-order valence-electron chi connectivity index (χ3n) is 3.23. The molecule has 0 saturated heterocycles. The van der Waals surface area contributed by atoms with Gasteiger partial charge < -0.3 is 4.74 Å². The molecule has 1 aromatic carbocycles. The molecule has 144 valence electrons. The van der Waals surface area contributed by atoms with Crippen LogP contribution in [0.4, 0.5) is 5.69 Å². The number of nitrogens with zero attached hydrogens (tertiary/aromatic N) is 4. The van der Waals surface area contributed by atoms with E-state index in [0.717, 1.165) is 11.8 Å². The lowest BCUT2D eigenvalue weighted by Gasteiger charge is -2.13. The molecular formula is C15H18N6O4S2. The molecule has 0 fully saturated rings. The van der Waals surface area contributed by atoms with Crippen LogP contribution in [-0.2, 0) is 0 Å². The van der Waals surface area contributed by atoms with Gasteiger partial charge in [0.1, 0.15) is 5.82 Å². The van der Waals surface area contributed by atoms with E-state index >= 15 is 0 Å². The summed E-state index contributed by atoms with van der Waals surface area (Å²) in [6, 6.07) is 3.95. The summed E-state index contributed by atoms with van der Waals surface area (Å²) >= 11 is 6.60. The molecule has 0 atom stereocenters. The van der Waals surface area contributed by atoms with E-state index in [2.05, 4.69) is 20.9 Å². The highest BCUT2D eigenvalue weighted by molar-refractivity contribution is 7.99. The molecule has 0 aliphatic rings. The summed E-state index contributed by atoms with van der Waals surface area (Å²) in [5, 5.41) is 22.2. The lowest BCUT2D eigenvalue weighted by molar-refractivity contribution is -0.385. The first-order valence-corrected chi connectivity index (χ1v) is 9.35. The van der Waals surface area contributed by atoms with Crippen LogP contribution in [0.15, 0.2) is 23.4 Å². The zero-order valence-electron chi connectivity index (χ0n) is 14.9. The Labute approximate surface area is 164 Å². The lowest BCUT2D eigenvalue weighted by Crippen LogP contribution is -2.38. The quantitative estimate of drug-likeness (QED) is 0.306. The van der Waals surface area contributed by atoms with Gasteiger partial charge in [-0.2, -0.15) is 0 Å². The summed E-state index contributed by atoms with van der Waals surface area (Å²) in [4.78, 5) is 22.9. The van der Waals surface area contributed by atoms with E-state index in [0.29, 0.717) is 11.0 Å². The van der Waals surface area contributed by atoms with Gasteiger partial charge in [0.2, 0.25) is 5.16 Å². The summed E-state index contributed by atoms with van der Waals surface area (Å²) in [6.45, 7) is 5.70. The molecule has 2 rings (SSSR count). The molecule has 27 heavy (non-hydrogen) atoms. The minimum absolute atomic E-state index is 0.0115. The van der Waals surface area contributed by atoms with E-state index in [1.165, 1.54) is 23.9 Å². The fourth-order valence-electron chi connectivity index (χ4n) is 2.08. The van der Waals surface area contributed by atoms with Gasteiger partial charge in [-0.3, -0.25) is 25.7 Å². The van der Waals surface area contributed by atoms with Crippen LogP contribution in [0, 0.1) is 17.0 Å². The molecule has 1 amide bonds. The Balaban J connectivity index is 2.13. The topological polar surface area (TPSA) is 124 Å². The van der Waals surface area contributed by atoms with Crippen LogP contribution < -0.4 is 15.5 Å². The predicted molar refractivity (Wildman–Crippen MR) is 105 cm³/mol. The molecule has 0 aliphatic heterocycles. The molecule has 0 aliphatic carbocycles. The van der Waals surface area contributed by atoms with Crippen LogP contribution >= 0.6 is 24.0 Å². The number of nitro benzene ring substituents is 1. The van der Waals surface area contributed by atoms with Crippen molar-refractivity contribution in [3.05, 3.63) is 39.7 Å². The predicted octanol–water partition coefficient (Wildman–Crippen LogP) is 2.26. The van der Waals surface area contributed by atoms with Crippen molar-refractivity contribution in [2.75, 3.05) is 17.8 Å². The Kier molecular flexibility index (Phi) is 7.07. The van der Waals surface area contributed by atoms with Crippen molar-refractivity contribution in [3.8, 4) is 5.75 Å². The molecule has 10 nitrogen and oxygen atoms in total. The van der Waals surface area contributed by atoms with Crippen LogP contribution in [0.5, 0.6) is 5.75 Å². The van der Waals surface area contributed by atoms with Gasteiger partial charge in [-0.05, 0) is 44.0 Å². The maximum Gasteiger partial charge on any atom is 0.311 e. The van der Waals surface area contributed by atoms with Gasteiger partial charge >= 0.3 is 5.69 Å². The average Bonchev–Trinajstić information content (AvgIpc) is 2.95. The van der Waals surface area contributed by atoms with Crippen LogP contribution in [0.1, 0.15) is 30.0 Å². The number of amides is 1. The van der Waals surface area contributed by atoms with E-state index in [9.17, 15) is 14.9 Å². The Morgan fingerprint density at radius 2 is 2.15 bits per heavy atom. The molecule has 0 saturated carbocycles. The number of benzene rings is 1. The van der Waals surface area contributed by atoms with Gasteiger partial charge in [0, 0.05) is 11.6 Å². The largest absolute Gasteiger partial charge is 0.487 e. The number of nitrogens with one attached hydrogen (secondary N) is 2. The molecule has 1 aromatic heterocycles. The SMILES string of the molecule is CCOc1ccc(C(=O)NC(=S)Nn2c(C)nnc2SCC)cc1[N+](=O)[O-]. The molecular weight excluding hydrogens is 392 g/mol. The first-order chi connectivity index (χ1) is 12.9. The number of carbonyl (C=O) groups excluding carboxylic acids is 1. The molecule has 0 spiro atoms. The lowest BCUT2D eigenvalue weighted by atomic mass is 10.1. The Bertz CT molecular complexity index is 870. The van der Waals surface area contributed by atoms with Gasteiger partial charge in [-0.15, -0.1) is 10.2 Å². The molecule has 2 aromatic rings. The van der Waals surface area contributed by atoms with Crippen molar-refractivity contribution in [1.82, 2.24) is 20.2 Å². The van der Waals surface area contributed by atoms with Crippen molar-refractivity contribution in [2.45, 2.75) is 25.9 Å². The number of aryl methyl sites for hydroxylation is 1. The zero-order valence-corrected chi connectivity index (χ0v) is 16.5. The van der Waals surface area contributed by atoms with Gasteiger partial charge in [-0.1, -0.05) is 18.7 Å². The second-order valence-corrected chi connectivity index (χ2v) is 6.71. The summed E-state index contributed by atoms with van der Waals surface area (Å²) in [5.74, 6) is 0.865. The number of nitro groups is 1. The van der Waals surface area contributed by atoms with E-state index in [1.54, 1.807) is 18.5 Å². The summed E-state index contributed by atoms with van der Waals surface area (Å²) in [5.41, 5.74) is 2.61. The normalized spacial score (nSPS) is 10.3. The van der Waals surface area contributed by atoms with Crippen LogP contribution in [0.25, 0.3) is 0 Å². The van der Waals surface area contributed by atoms with Gasteiger partial charge in [0.25, 0.3) is 5.91 Å². The number of hydrogen-bond acceptors (Lipinski definition) is 8. The smallest absolute Gasteiger partial charge is 0.311 e. The van der Waals surface area contributed by atoms with Crippen molar-refractivity contribution in [1.29, 1.82) is 0 Å². The standard InChI is InChI=1S/C15H18N6O4S2/c1-4-25-12-7-6-10(8-11(12)21(23)24)13(22)16-14(26)19-20-9(3)17-18-15(20)27-5-2/h6-8H,4-5H2,1-3H3,(H2,16,19,22,26). The Hall–Kier alpha value is -2.73. The van der Waals surface area contributed by atoms with E-state index in [1.807, 2.05) is 6.92 Å². The maximum absolute atomic E-state index is 12.4. The molecule has 12 heteroatoms. The van der Waals surface area contributed by atoms with Crippen LogP contribution in [0.3, 0.4) is 0 Å². The van der Waals surface area contributed by atoms with Crippen molar-refractivity contribution < 1.29 is 14.5 Å². The zero-order chi connectivity index (χ0) is 20.0. The minimum Gasteiger partial charge on any atom is -0.487 e. The molecule has 1 heterocycles. The van der Waals surface area contributed by atoms with Gasteiger partial charge in [0.15, 0.2) is 10.9 Å². The Morgan fingerprint density at radius 1 is 1.41 bits per heavy atom. The minimum atomic E-state index is -0.604. The summed E-state index contributed by atoms with van der Waals surface area (Å²) in [7, 11) is 0. The van der Waals surface area contributed by atoms with Gasteiger partial charge in [0.05, 0.1) is 11.5 Å². The van der Waals surface area contributed by atoms with E-state index in [-0.39, 0.29) is 28.7 Å². The third kappa shape index (κ3) is 5.14. The number of aromatic nitrogens is 3. The fourth-order valence-corrected chi connectivity index (χ4v) is 2.93. The summed E-state index contributed by atoms with van der Waals surface area (Å²) in [6.07, 6.45) is 0. The highest BCUT2D eigenvalue weighted by Gasteiger charge is 2.19. The van der Waals surface area contributed by atoms with E-state index in [4.69, 9.17) is 17.0 Å². The fraction of sp³-hybridized carbons (Fsp3) is 0.333.